The third-order valence-corrected chi connectivity index (χ3v) is 3.50. The molecule has 138 valence electrons. The summed E-state index contributed by atoms with van der Waals surface area (Å²) in [5, 5.41) is 11.7. The fourth-order valence-corrected chi connectivity index (χ4v) is 2.07. The molecule has 0 radical (unpaired) electrons. The Morgan fingerprint density at radius 3 is 2.41 bits per heavy atom. The Kier molecular flexibility index (Phi) is 7.08. The van der Waals surface area contributed by atoms with Crippen molar-refractivity contribution in [2.75, 3.05) is 13.7 Å². The number of nitrogens with zero attached hydrogens (tertiary/aromatic N) is 1. The molecule has 0 aromatic heterocycles. The van der Waals surface area contributed by atoms with E-state index in [4.69, 9.17) is 14.7 Å². The van der Waals surface area contributed by atoms with E-state index in [1.165, 1.54) is 37.5 Å². The van der Waals surface area contributed by atoms with Crippen molar-refractivity contribution >= 4 is 18.0 Å². The van der Waals surface area contributed by atoms with Gasteiger partial charge in [-0.1, -0.05) is 24.3 Å². The molecule has 0 atom stereocenters. The maximum atomic E-state index is 12.8. The summed E-state index contributed by atoms with van der Waals surface area (Å²) in [6.07, 6.45) is 1.36. The number of ether oxygens (including phenoxy) is 2. The number of esters is 1. The standard InChI is InChI=1S/C20H17FN2O4/c1-26-18-8-4-14(5-9-18)10-16(11-22)20(25)27-13-19(24)23-12-15-2-6-17(21)7-3-15/h2-10H,12-13H2,1H3,(H,23,24)/b16-10+. The Balaban J connectivity index is 1.86. The molecule has 1 N–H and O–H groups in total. The number of carbonyl (C=O) groups excluding carboxylic acids is 2. The highest BCUT2D eigenvalue weighted by atomic mass is 19.1. The summed E-state index contributed by atoms with van der Waals surface area (Å²) in [4.78, 5) is 23.7. The Bertz CT molecular complexity index is 868. The molecule has 7 heteroatoms. The van der Waals surface area contributed by atoms with Crippen LogP contribution < -0.4 is 10.1 Å². The number of nitrogens with one attached hydrogen (secondary N) is 1. The van der Waals surface area contributed by atoms with Crippen molar-refractivity contribution in [1.82, 2.24) is 5.32 Å². The molecule has 0 aliphatic rings. The first-order valence-electron chi connectivity index (χ1n) is 7.96. The molecule has 1 amide bonds. The number of hydrogen-bond acceptors (Lipinski definition) is 5. The highest BCUT2D eigenvalue weighted by Gasteiger charge is 2.13. The zero-order chi connectivity index (χ0) is 19.6. The van der Waals surface area contributed by atoms with Crippen LogP contribution in [0.2, 0.25) is 0 Å². The molecule has 0 spiro atoms. The summed E-state index contributed by atoms with van der Waals surface area (Å²) in [6, 6.07) is 14.1. The summed E-state index contributed by atoms with van der Waals surface area (Å²) < 4.78 is 22.7. The number of nitriles is 1. The van der Waals surface area contributed by atoms with Crippen LogP contribution in [0.15, 0.2) is 54.1 Å². The van der Waals surface area contributed by atoms with E-state index in [0.29, 0.717) is 16.9 Å². The monoisotopic (exact) mass is 368 g/mol. The average molecular weight is 368 g/mol. The van der Waals surface area contributed by atoms with Gasteiger partial charge in [0.25, 0.3) is 5.91 Å². The maximum Gasteiger partial charge on any atom is 0.349 e. The highest BCUT2D eigenvalue weighted by Crippen LogP contribution is 2.14. The summed E-state index contributed by atoms with van der Waals surface area (Å²) in [7, 11) is 1.53. The van der Waals surface area contributed by atoms with Gasteiger partial charge in [-0.15, -0.1) is 0 Å². The van der Waals surface area contributed by atoms with Gasteiger partial charge in [-0.3, -0.25) is 4.79 Å². The molecule has 0 aliphatic carbocycles. The number of rotatable bonds is 7. The van der Waals surface area contributed by atoms with E-state index in [1.54, 1.807) is 30.3 Å². The van der Waals surface area contributed by atoms with Crippen LogP contribution in [-0.2, 0) is 20.9 Å². The van der Waals surface area contributed by atoms with Gasteiger partial charge in [0.05, 0.1) is 7.11 Å². The highest BCUT2D eigenvalue weighted by molar-refractivity contribution is 5.98. The number of benzene rings is 2. The molecule has 2 aromatic carbocycles. The largest absolute Gasteiger partial charge is 0.497 e. The van der Waals surface area contributed by atoms with Gasteiger partial charge in [0.15, 0.2) is 6.61 Å². The van der Waals surface area contributed by atoms with E-state index in [1.807, 2.05) is 0 Å². The fourth-order valence-electron chi connectivity index (χ4n) is 2.07. The quantitative estimate of drug-likeness (QED) is 0.461. The van der Waals surface area contributed by atoms with Crippen LogP contribution in [0.1, 0.15) is 11.1 Å². The minimum atomic E-state index is -0.898. The van der Waals surface area contributed by atoms with Gasteiger partial charge in [-0.25, -0.2) is 9.18 Å². The molecule has 27 heavy (non-hydrogen) atoms. The number of carbonyl (C=O) groups is 2. The van der Waals surface area contributed by atoms with Crippen molar-refractivity contribution in [3.63, 3.8) is 0 Å². The number of methoxy groups -OCH3 is 1. The van der Waals surface area contributed by atoms with Gasteiger partial charge in [0, 0.05) is 6.54 Å². The topological polar surface area (TPSA) is 88.4 Å². The molecular formula is C20H17FN2O4. The van der Waals surface area contributed by atoms with Crippen LogP contribution in [-0.4, -0.2) is 25.6 Å². The number of halogens is 1. The van der Waals surface area contributed by atoms with Crippen LogP contribution in [0.3, 0.4) is 0 Å². The van der Waals surface area contributed by atoms with E-state index >= 15 is 0 Å². The normalized spacial score (nSPS) is 10.6. The van der Waals surface area contributed by atoms with Crippen molar-refractivity contribution in [1.29, 1.82) is 5.26 Å². The number of hydrogen-bond donors (Lipinski definition) is 1. The van der Waals surface area contributed by atoms with E-state index in [0.717, 1.165) is 0 Å². The lowest BCUT2D eigenvalue weighted by atomic mass is 10.1. The van der Waals surface area contributed by atoms with Gasteiger partial charge in [0.1, 0.15) is 23.2 Å². The predicted molar refractivity (Wildman–Crippen MR) is 95.8 cm³/mol. The van der Waals surface area contributed by atoms with Crippen molar-refractivity contribution in [2.24, 2.45) is 0 Å². The molecule has 2 aromatic rings. The van der Waals surface area contributed by atoms with E-state index < -0.39 is 18.5 Å². The first kappa shape index (κ1) is 19.7. The summed E-state index contributed by atoms with van der Waals surface area (Å²) >= 11 is 0. The van der Waals surface area contributed by atoms with Crippen LogP contribution in [0, 0.1) is 17.1 Å². The predicted octanol–water partition coefficient (Wildman–Crippen LogP) is 2.60. The smallest absolute Gasteiger partial charge is 0.349 e. The van der Waals surface area contributed by atoms with Crippen LogP contribution in [0.4, 0.5) is 4.39 Å². The molecule has 0 saturated heterocycles. The Labute approximate surface area is 155 Å². The molecular weight excluding hydrogens is 351 g/mol. The SMILES string of the molecule is COc1ccc(/C=C(\C#N)C(=O)OCC(=O)NCc2ccc(F)cc2)cc1. The molecule has 2 rings (SSSR count). The van der Waals surface area contributed by atoms with Gasteiger partial charge in [0.2, 0.25) is 0 Å². The van der Waals surface area contributed by atoms with Crippen LogP contribution in [0.25, 0.3) is 6.08 Å². The second-order valence-electron chi connectivity index (χ2n) is 5.42. The second-order valence-corrected chi connectivity index (χ2v) is 5.42. The maximum absolute atomic E-state index is 12.8. The minimum absolute atomic E-state index is 0.170. The summed E-state index contributed by atoms with van der Waals surface area (Å²) in [5.41, 5.74) is 1.09. The van der Waals surface area contributed by atoms with E-state index in [-0.39, 0.29) is 17.9 Å². The average Bonchev–Trinajstić information content (AvgIpc) is 2.70. The molecule has 0 bridgehead atoms. The molecule has 6 nitrogen and oxygen atoms in total. The minimum Gasteiger partial charge on any atom is -0.497 e. The molecule has 0 heterocycles. The van der Waals surface area contributed by atoms with Gasteiger partial charge >= 0.3 is 5.97 Å². The molecule has 0 saturated carbocycles. The first-order chi connectivity index (χ1) is 13.0. The van der Waals surface area contributed by atoms with Gasteiger partial charge in [-0.05, 0) is 41.5 Å². The lowest BCUT2D eigenvalue weighted by Gasteiger charge is -2.06. The fraction of sp³-hybridized carbons (Fsp3) is 0.150. The van der Waals surface area contributed by atoms with E-state index in [2.05, 4.69) is 5.32 Å². The second kappa shape index (κ2) is 9.73. The summed E-state index contributed by atoms with van der Waals surface area (Å²) in [5.74, 6) is -1.16. The zero-order valence-corrected chi connectivity index (χ0v) is 14.6. The van der Waals surface area contributed by atoms with Crippen molar-refractivity contribution in [3.05, 3.63) is 71.0 Å². The molecule has 0 aliphatic heterocycles. The van der Waals surface area contributed by atoms with E-state index in [9.17, 15) is 14.0 Å². The molecule has 0 fully saturated rings. The van der Waals surface area contributed by atoms with Crippen molar-refractivity contribution in [3.8, 4) is 11.8 Å². The Morgan fingerprint density at radius 1 is 1.15 bits per heavy atom. The van der Waals surface area contributed by atoms with Gasteiger partial charge < -0.3 is 14.8 Å². The van der Waals surface area contributed by atoms with Crippen molar-refractivity contribution < 1.29 is 23.5 Å². The lowest BCUT2D eigenvalue weighted by Crippen LogP contribution is -2.28. The third kappa shape index (κ3) is 6.29. The zero-order valence-electron chi connectivity index (χ0n) is 14.6. The lowest BCUT2D eigenvalue weighted by molar-refractivity contribution is -0.144. The van der Waals surface area contributed by atoms with Crippen LogP contribution in [0.5, 0.6) is 5.75 Å². The first-order valence-corrected chi connectivity index (χ1v) is 7.96. The Morgan fingerprint density at radius 2 is 1.81 bits per heavy atom. The molecule has 0 unspecified atom stereocenters. The Hall–Kier alpha value is -3.66. The third-order valence-electron chi connectivity index (χ3n) is 3.50. The summed E-state index contributed by atoms with van der Waals surface area (Å²) in [6.45, 7) is -0.356. The number of amides is 1. The van der Waals surface area contributed by atoms with Crippen molar-refractivity contribution in [2.45, 2.75) is 6.54 Å². The van der Waals surface area contributed by atoms with Gasteiger partial charge in [-0.2, -0.15) is 5.26 Å². The van der Waals surface area contributed by atoms with Crippen LogP contribution >= 0.6 is 0 Å².